The van der Waals surface area contributed by atoms with Crippen molar-refractivity contribution in [1.29, 1.82) is 0 Å². The second kappa shape index (κ2) is 5.17. The number of amides is 1. The minimum absolute atomic E-state index is 0.0109. The Balaban J connectivity index is 2.05. The van der Waals surface area contributed by atoms with E-state index in [9.17, 15) is 9.18 Å². The summed E-state index contributed by atoms with van der Waals surface area (Å²) in [7, 11) is 0. The molecule has 0 saturated heterocycles. The Labute approximate surface area is 109 Å². The Morgan fingerprint density at radius 3 is 2.82 bits per heavy atom. The number of anilines is 1. The first kappa shape index (κ1) is 12.6. The Hall–Kier alpha value is -0.900. The molecule has 0 spiro atoms. The summed E-state index contributed by atoms with van der Waals surface area (Å²) in [5, 5.41) is 2.78. The van der Waals surface area contributed by atoms with Crippen LogP contribution in [0, 0.1) is 17.7 Å². The molecular weight excluding hydrogens is 285 g/mol. The molecule has 2 rings (SSSR count). The molecule has 17 heavy (non-hydrogen) atoms. The van der Waals surface area contributed by atoms with Crippen LogP contribution in [0.25, 0.3) is 0 Å². The predicted octanol–water partition coefficient (Wildman–Crippen LogP) is 3.96. The molecule has 1 aliphatic carbocycles. The molecule has 1 aromatic carbocycles. The molecule has 2 nitrogen and oxygen atoms in total. The van der Waals surface area contributed by atoms with Gasteiger partial charge < -0.3 is 5.32 Å². The lowest BCUT2D eigenvalue weighted by Gasteiger charge is -2.15. The maximum atomic E-state index is 13.3. The average Bonchev–Trinajstić information content (AvgIpc) is 2.70. The van der Waals surface area contributed by atoms with Gasteiger partial charge in [-0.05, 0) is 52.9 Å². The van der Waals surface area contributed by atoms with Crippen molar-refractivity contribution in [2.24, 2.45) is 11.8 Å². The largest absolute Gasteiger partial charge is 0.326 e. The summed E-state index contributed by atoms with van der Waals surface area (Å²) in [6.45, 7) is 2.10. The van der Waals surface area contributed by atoms with E-state index in [0.717, 1.165) is 19.3 Å². The highest BCUT2D eigenvalue weighted by Crippen LogP contribution is 2.32. The molecule has 0 aliphatic heterocycles. The van der Waals surface area contributed by atoms with Crippen LogP contribution in [0.4, 0.5) is 10.1 Å². The molecule has 1 saturated carbocycles. The van der Waals surface area contributed by atoms with E-state index in [-0.39, 0.29) is 17.6 Å². The summed E-state index contributed by atoms with van der Waals surface area (Å²) >= 11 is 3.08. The Bertz CT molecular complexity index is 435. The van der Waals surface area contributed by atoms with Crippen LogP contribution in [-0.4, -0.2) is 5.91 Å². The number of benzene rings is 1. The predicted molar refractivity (Wildman–Crippen MR) is 69.2 cm³/mol. The van der Waals surface area contributed by atoms with E-state index in [4.69, 9.17) is 0 Å². The van der Waals surface area contributed by atoms with Gasteiger partial charge in [0.25, 0.3) is 0 Å². The fourth-order valence-electron chi connectivity index (χ4n) is 2.34. The molecule has 1 N–H and O–H groups in total. The van der Waals surface area contributed by atoms with Crippen molar-refractivity contribution in [2.75, 3.05) is 5.32 Å². The van der Waals surface area contributed by atoms with Gasteiger partial charge in [0.1, 0.15) is 5.82 Å². The molecule has 92 valence electrons. The van der Waals surface area contributed by atoms with Gasteiger partial charge in [-0.3, -0.25) is 4.79 Å². The standard InChI is InChI=1S/C13H15BrFNO/c1-8-3-2-4-10(8)13(17)16-9-5-6-11(14)12(15)7-9/h5-8,10H,2-4H2,1H3,(H,16,17). The van der Waals surface area contributed by atoms with E-state index >= 15 is 0 Å². The molecule has 1 fully saturated rings. The lowest BCUT2D eigenvalue weighted by atomic mass is 9.97. The van der Waals surface area contributed by atoms with Crippen molar-refractivity contribution >= 4 is 27.5 Å². The molecule has 0 heterocycles. The summed E-state index contributed by atoms with van der Waals surface area (Å²) in [5.74, 6) is 0.149. The zero-order valence-electron chi connectivity index (χ0n) is 9.67. The molecule has 2 unspecified atom stereocenters. The van der Waals surface area contributed by atoms with Gasteiger partial charge in [-0.25, -0.2) is 4.39 Å². The molecule has 1 aliphatic rings. The number of hydrogen-bond acceptors (Lipinski definition) is 1. The van der Waals surface area contributed by atoms with Gasteiger partial charge in [0, 0.05) is 11.6 Å². The smallest absolute Gasteiger partial charge is 0.227 e. The van der Waals surface area contributed by atoms with Crippen LogP contribution in [0.1, 0.15) is 26.2 Å². The van der Waals surface area contributed by atoms with Crippen molar-refractivity contribution < 1.29 is 9.18 Å². The van der Waals surface area contributed by atoms with Gasteiger partial charge in [-0.15, -0.1) is 0 Å². The molecule has 0 bridgehead atoms. The monoisotopic (exact) mass is 299 g/mol. The summed E-state index contributed by atoms with van der Waals surface area (Å²) in [6, 6.07) is 4.63. The lowest BCUT2D eigenvalue weighted by Crippen LogP contribution is -2.24. The van der Waals surface area contributed by atoms with E-state index in [1.165, 1.54) is 6.07 Å². The van der Waals surface area contributed by atoms with Crippen LogP contribution in [0.3, 0.4) is 0 Å². The fourth-order valence-corrected chi connectivity index (χ4v) is 2.59. The van der Waals surface area contributed by atoms with Crippen molar-refractivity contribution in [1.82, 2.24) is 0 Å². The van der Waals surface area contributed by atoms with Crippen LogP contribution in [-0.2, 0) is 4.79 Å². The quantitative estimate of drug-likeness (QED) is 0.880. The topological polar surface area (TPSA) is 29.1 Å². The molecular formula is C13H15BrFNO. The Morgan fingerprint density at radius 1 is 1.47 bits per heavy atom. The van der Waals surface area contributed by atoms with Gasteiger partial charge in [0.2, 0.25) is 5.91 Å². The van der Waals surface area contributed by atoms with Gasteiger partial charge in [0.05, 0.1) is 4.47 Å². The highest BCUT2D eigenvalue weighted by molar-refractivity contribution is 9.10. The van der Waals surface area contributed by atoms with Crippen LogP contribution < -0.4 is 5.32 Å². The second-order valence-corrected chi connectivity index (χ2v) is 5.49. The highest BCUT2D eigenvalue weighted by atomic mass is 79.9. The fraction of sp³-hybridized carbons (Fsp3) is 0.462. The minimum atomic E-state index is -0.359. The van der Waals surface area contributed by atoms with Crippen molar-refractivity contribution in [3.63, 3.8) is 0 Å². The van der Waals surface area contributed by atoms with E-state index in [1.807, 2.05) is 0 Å². The first-order valence-corrected chi connectivity index (χ1v) is 6.63. The normalized spacial score (nSPS) is 23.7. The third kappa shape index (κ3) is 2.86. The Kier molecular flexibility index (Phi) is 3.82. The number of carbonyl (C=O) groups is 1. The van der Waals surface area contributed by atoms with Gasteiger partial charge in [-0.1, -0.05) is 13.3 Å². The van der Waals surface area contributed by atoms with Gasteiger partial charge in [0.15, 0.2) is 0 Å². The average molecular weight is 300 g/mol. The van der Waals surface area contributed by atoms with E-state index in [0.29, 0.717) is 16.1 Å². The first-order valence-electron chi connectivity index (χ1n) is 5.84. The highest BCUT2D eigenvalue weighted by Gasteiger charge is 2.29. The van der Waals surface area contributed by atoms with Crippen molar-refractivity contribution in [3.8, 4) is 0 Å². The summed E-state index contributed by atoms with van der Waals surface area (Å²) in [4.78, 5) is 12.0. The third-order valence-electron chi connectivity index (χ3n) is 3.39. The van der Waals surface area contributed by atoms with E-state index < -0.39 is 0 Å². The van der Waals surface area contributed by atoms with Crippen LogP contribution in [0.15, 0.2) is 22.7 Å². The second-order valence-electron chi connectivity index (χ2n) is 4.63. The number of hydrogen-bond donors (Lipinski definition) is 1. The SMILES string of the molecule is CC1CCCC1C(=O)Nc1ccc(Br)c(F)c1. The molecule has 1 amide bonds. The molecule has 2 atom stereocenters. The van der Waals surface area contributed by atoms with E-state index in [2.05, 4.69) is 28.2 Å². The lowest BCUT2D eigenvalue weighted by molar-refractivity contribution is -0.120. The van der Waals surface area contributed by atoms with Crippen LogP contribution >= 0.6 is 15.9 Å². The first-order chi connectivity index (χ1) is 8.08. The summed E-state index contributed by atoms with van der Waals surface area (Å²) in [6.07, 6.45) is 3.15. The van der Waals surface area contributed by atoms with E-state index in [1.54, 1.807) is 12.1 Å². The third-order valence-corrected chi connectivity index (χ3v) is 4.03. The summed E-state index contributed by atoms with van der Waals surface area (Å²) in [5.41, 5.74) is 0.523. The van der Waals surface area contributed by atoms with Gasteiger partial charge >= 0.3 is 0 Å². The van der Waals surface area contributed by atoms with Crippen LogP contribution in [0.2, 0.25) is 0 Å². The molecule has 1 aromatic rings. The Morgan fingerprint density at radius 2 is 2.24 bits per heavy atom. The zero-order valence-corrected chi connectivity index (χ0v) is 11.3. The maximum Gasteiger partial charge on any atom is 0.227 e. The number of nitrogens with one attached hydrogen (secondary N) is 1. The maximum absolute atomic E-state index is 13.3. The number of rotatable bonds is 2. The molecule has 4 heteroatoms. The van der Waals surface area contributed by atoms with Gasteiger partial charge in [-0.2, -0.15) is 0 Å². The number of carbonyl (C=O) groups excluding carboxylic acids is 1. The van der Waals surface area contributed by atoms with Crippen molar-refractivity contribution in [3.05, 3.63) is 28.5 Å². The molecule has 0 radical (unpaired) electrons. The van der Waals surface area contributed by atoms with Crippen LogP contribution in [0.5, 0.6) is 0 Å². The molecule has 0 aromatic heterocycles. The zero-order chi connectivity index (χ0) is 12.4. The minimum Gasteiger partial charge on any atom is -0.326 e. The summed E-state index contributed by atoms with van der Waals surface area (Å²) < 4.78 is 13.7. The number of halogens is 2. The van der Waals surface area contributed by atoms with Crippen molar-refractivity contribution in [2.45, 2.75) is 26.2 Å².